The molecule has 1 rings (SSSR count). The van der Waals surface area contributed by atoms with E-state index in [4.69, 9.17) is 10.8 Å². The normalized spacial score (nSPS) is 9.86. The number of benzene rings is 1. The molecule has 3 N–H and O–H groups in total. The van der Waals surface area contributed by atoms with Crippen molar-refractivity contribution in [1.82, 2.24) is 0 Å². The van der Waals surface area contributed by atoms with E-state index in [9.17, 15) is 4.79 Å². The van der Waals surface area contributed by atoms with Crippen LogP contribution in [0.1, 0.15) is 5.56 Å². The fourth-order valence-electron chi connectivity index (χ4n) is 1.29. The van der Waals surface area contributed by atoms with Gasteiger partial charge in [-0.2, -0.15) is 0 Å². The van der Waals surface area contributed by atoms with Gasteiger partial charge in [0.25, 0.3) is 0 Å². The van der Waals surface area contributed by atoms with E-state index in [0.717, 1.165) is 11.3 Å². The lowest BCUT2D eigenvalue weighted by Gasteiger charge is -2.19. The van der Waals surface area contributed by atoms with E-state index >= 15 is 0 Å². The summed E-state index contributed by atoms with van der Waals surface area (Å²) in [4.78, 5) is 12.1. The van der Waals surface area contributed by atoms with Gasteiger partial charge >= 0.3 is 5.97 Å². The van der Waals surface area contributed by atoms with Gasteiger partial charge in [-0.15, -0.1) is 0 Å². The first kappa shape index (κ1) is 10.4. The van der Waals surface area contributed by atoms with Crippen molar-refractivity contribution in [2.24, 2.45) is 0 Å². The Hall–Kier alpha value is -1.71. The third-order valence-electron chi connectivity index (χ3n) is 2.08. The van der Waals surface area contributed by atoms with Gasteiger partial charge < -0.3 is 15.7 Å². The Kier molecular flexibility index (Phi) is 2.96. The molecule has 0 amide bonds. The number of nitrogen functional groups attached to an aromatic ring is 1. The molecule has 0 aliphatic rings. The Bertz CT molecular complexity index is 350. The van der Waals surface area contributed by atoms with E-state index in [-0.39, 0.29) is 6.54 Å². The van der Waals surface area contributed by atoms with Gasteiger partial charge in [-0.05, 0) is 18.6 Å². The number of hydrogen-bond donors (Lipinski definition) is 2. The number of hydrogen-bond acceptors (Lipinski definition) is 3. The van der Waals surface area contributed by atoms with Crippen LogP contribution in [0.25, 0.3) is 0 Å². The standard InChI is InChI=1S/C10H14N2O2/c1-7-4-3-5-8(10(7)11)12(2)6-9(13)14/h3-5H,6,11H2,1-2H3,(H,13,14). The first-order chi connectivity index (χ1) is 6.52. The summed E-state index contributed by atoms with van der Waals surface area (Å²) in [5, 5.41) is 8.62. The molecule has 1 aromatic rings. The fourth-order valence-corrected chi connectivity index (χ4v) is 1.29. The zero-order valence-corrected chi connectivity index (χ0v) is 8.32. The summed E-state index contributed by atoms with van der Waals surface area (Å²) in [6, 6.07) is 5.57. The van der Waals surface area contributed by atoms with Gasteiger partial charge in [-0.3, -0.25) is 4.79 Å². The number of carboxylic acids is 1. The summed E-state index contributed by atoms with van der Waals surface area (Å²) >= 11 is 0. The van der Waals surface area contributed by atoms with E-state index in [0.29, 0.717) is 5.69 Å². The maximum atomic E-state index is 10.5. The number of aliphatic carboxylic acids is 1. The fraction of sp³-hybridized carbons (Fsp3) is 0.300. The highest BCUT2D eigenvalue weighted by Crippen LogP contribution is 2.24. The quantitative estimate of drug-likeness (QED) is 0.707. The van der Waals surface area contributed by atoms with Crippen molar-refractivity contribution in [3.8, 4) is 0 Å². The number of rotatable bonds is 3. The lowest BCUT2D eigenvalue weighted by Crippen LogP contribution is -2.25. The van der Waals surface area contributed by atoms with Crippen molar-refractivity contribution in [2.75, 3.05) is 24.2 Å². The van der Waals surface area contributed by atoms with E-state index < -0.39 is 5.97 Å². The van der Waals surface area contributed by atoms with Gasteiger partial charge in [0.05, 0.1) is 11.4 Å². The molecule has 0 atom stereocenters. The van der Waals surface area contributed by atoms with Crippen molar-refractivity contribution in [3.05, 3.63) is 23.8 Å². The minimum absolute atomic E-state index is 0.0480. The van der Waals surface area contributed by atoms with Crippen molar-refractivity contribution in [1.29, 1.82) is 0 Å². The van der Waals surface area contributed by atoms with Crippen molar-refractivity contribution in [3.63, 3.8) is 0 Å². The Morgan fingerprint density at radius 3 is 2.79 bits per heavy atom. The van der Waals surface area contributed by atoms with Gasteiger partial charge in [0, 0.05) is 7.05 Å². The van der Waals surface area contributed by atoms with Crippen molar-refractivity contribution < 1.29 is 9.90 Å². The Balaban J connectivity index is 2.95. The lowest BCUT2D eigenvalue weighted by atomic mass is 10.1. The highest BCUT2D eigenvalue weighted by molar-refractivity contribution is 5.78. The summed E-state index contributed by atoms with van der Waals surface area (Å²) in [5.74, 6) is -0.867. The molecule has 4 nitrogen and oxygen atoms in total. The minimum Gasteiger partial charge on any atom is -0.480 e. The average molecular weight is 194 g/mol. The highest BCUT2D eigenvalue weighted by atomic mass is 16.4. The molecule has 0 radical (unpaired) electrons. The van der Waals surface area contributed by atoms with Gasteiger partial charge in [-0.25, -0.2) is 0 Å². The van der Waals surface area contributed by atoms with E-state index in [1.54, 1.807) is 11.9 Å². The number of carboxylic acid groups (broad SMARTS) is 1. The Morgan fingerprint density at radius 2 is 2.21 bits per heavy atom. The predicted octanol–water partition coefficient (Wildman–Crippen LogP) is 1.10. The van der Waals surface area contributed by atoms with Crippen LogP contribution in [0.3, 0.4) is 0 Å². The van der Waals surface area contributed by atoms with Crippen LogP contribution in [-0.2, 0) is 4.79 Å². The number of likely N-dealkylation sites (N-methyl/N-ethyl adjacent to an activating group) is 1. The number of anilines is 2. The molecule has 0 bridgehead atoms. The van der Waals surface area contributed by atoms with Gasteiger partial charge in [-0.1, -0.05) is 12.1 Å². The smallest absolute Gasteiger partial charge is 0.323 e. The Labute approximate surface area is 82.9 Å². The molecular weight excluding hydrogens is 180 g/mol. The zero-order valence-electron chi connectivity index (χ0n) is 8.32. The van der Waals surface area contributed by atoms with E-state index in [1.165, 1.54) is 0 Å². The zero-order chi connectivity index (χ0) is 10.7. The largest absolute Gasteiger partial charge is 0.480 e. The van der Waals surface area contributed by atoms with Crippen molar-refractivity contribution >= 4 is 17.3 Å². The van der Waals surface area contributed by atoms with Crippen LogP contribution in [0.5, 0.6) is 0 Å². The molecule has 0 heterocycles. The number of para-hydroxylation sites is 1. The maximum Gasteiger partial charge on any atom is 0.323 e. The van der Waals surface area contributed by atoms with Crippen LogP contribution < -0.4 is 10.6 Å². The second kappa shape index (κ2) is 4.00. The molecule has 0 spiro atoms. The lowest BCUT2D eigenvalue weighted by molar-refractivity contribution is -0.135. The van der Waals surface area contributed by atoms with Gasteiger partial charge in [0.2, 0.25) is 0 Å². The molecule has 0 unspecified atom stereocenters. The Morgan fingerprint density at radius 1 is 1.57 bits per heavy atom. The molecule has 76 valence electrons. The maximum absolute atomic E-state index is 10.5. The molecule has 0 saturated carbocycles. The van der Waals surface area contributed by atoms with Crippen LogP contribution in [-0.4, -0.2) is 24.7 Å². The van der Waals surface area contributed by atoms with Gasteiger partial charge in [0.1, 0.15) is 6.54 Å². The van der Waals surface area contributed by atoms with Crippen molar-refractivity contribution in [2.45, 2.75) is 6.92 Å². The molecule has 0 aliphatic carbocycles. The number of nitrogens with two attached hydrogens (primary N) is 1. The summed E-state index contributed by atoms with van der Waals surface area (Å²) in [7, 11) is 1.71. The second-order valence-corrected chi connectivity index (χ2v) is 3.26. The third-order valence-corrected chi connectivity index (χ3v) is 2.08. The first-order valence-corrected chi connectivity index (χ1v) is 4.30. The van der Waals surface area contributed by atoms with Crippen LogP contribution >= 0.6 is 0 Å². The van der Waals surface area contributed by atoms with Crippen LogP contribution in [0, 0.1) is 6.92 Å². The number of aryl methyl sites for hydroxylation is 1. The monoisotopic (exact) mass is 194 g/mol. The topological polar surface area (TPSA) is 66.6 Å². The SMILES string of the molecule is Cc1cccc(N(C)CC(=O)O)c1N. The summed E-state index contributed by atoms with van der Waals surface area (Å²) in [6.07, 6.45) is 0. The molecule has 0 aliphatic heterocycles. The minimum atomic E-state index is -0.867. The molecular formula is C10H14N2O2. The first-order valence-electron chi connectivity index (χ1n) is 4.30. The summed E-state index contributed by atoms with van der Waals surface area (Å²) < 4.78 is 0. The third kappa shape index (κ3) is 2.16. The average Bonchev–Trinajstić information content (AvgIpc) is 2.08. The molecule has 1 aromatic carbocycles. The second-order valence-electron chi connectivity index (χ2n) is 3.26. The molecule has 0 fully saturated rings. The molecule has 0 aromatic heterocycles. The number of nitrogens with zero attached hydrogens (tertiary/aromatic N) is 1. The molecule has 0 saturated heterocycles. The molecule has 14 heavy (non-hydrogen) atoms. The van der Waals surface area contributed by atoms with Crippen LogP contribution in [0.15, 0.2) is 18.2 Å². The molecule has 4 heteroatoms. The summed E-state index contributed by atoms with van der Waals surface area (Å²) in [6.45, 7) is 1.85. The van der Waals surface area contributed by atoms with E-state index in [2.05, 4.69) is 0 Å². The van der Waals surface area contributed by atoms with Gasteiger partial charge in [0.15, 0.2) is 0 Å². The summed E-state index contributed by atoms with van der Waals surface area (Å²) in [5.41, 5.74) is 8.17. The van der Waals surface area contributed by atoms with E-state index in [1.807, 2.05) is 25.1 Å². The van der Waals surface area contributed by atoms with Crippen LogP contribution in [0.4, 0.5) is 11.4 Å². The van der Waals surface area contributed by atoms with Crippen LogP contribution in [0.2, 0.25) is 0 Å². The highest BCUT2D eigenvalue weighted by Gasteiger charge is 2.09. The predicted molar refractivity (Wildman–Crippen MR) is 56.5 cm³/mol. The number of carbonyl (C=O) groups is 1.